The summed E-state index contributed by atoms with van der Waals surface area (Å²) < 4.78 is 0. The molecule has 0 aliphatic rings. The van der Waals surface area contributed by atoms with Crippen LogP contribution in [0.15, 0.2) is 25.0 Å². The van der Waals surface area contributed by atoms with Gasteiger partial charge in [-0.1, -0.05) is 0 Å². The predicted molar refractivity (Wildman–Crippen MR) is 331 cm³/mol. The Morgan fingerprint density at radius 3 is 0.875 bits per heavy atom. The Morgan fingerprint density at radius 2 is 0.580 bits per heavy atom. The van der Waals surface area contributed by atoms with E-state index in [9.17, 15) is 53.1 Å². The van der Waals surface area contributed by atoms with Crippen LogP contribution in [0, 0.1) is 0 Å². The number of nitrogens with zero attached hydrogens (tertiary/aromatic N) is 5. The van der Waals surface area contributed by atoms with E-state index in [1.54, 1.807) is 0 Å². The molecule has 9 amide bonds. The van der Waals surface area contributed by atoms with Gasteiger partial charge in [-0.05, 0) is 129 Å². The number of nitrogens with two attached hydrogens (primary N) is 14. The summed E-state index contributed by atoms with van der Waals surface area (Å²) in [4.78, 5) is 155. The standard InChI is InChI=1S/C50H99N27O11/c1-27(70-39(81)29(12-2-4-20-51)73-40(82)30(13-3-5-21-52)72-38(80)28(53)11-6-22-65-46(55)56)37(79)71-31(14-7-23-66-47(57)58)41(83)76-34(18-19-36(54)78)44(86)75-32(15-8-24-67-48(59)60)42(84)74-33(16-9-25-68-49(61)62)43(85)77-35(45(87)88)17-10-26-69-50(63)64/h27-35H,2-26,51-53H2,1H3,(H2,54,78)(H,70,81)(H,71,79)(H,72,80)(H,73,82)(H,74,84)(H,75,86)(H,76,83)(H,77,85)(H,87,88)(H4,55,56,65)(H4,57,58,66)(H4,59,60,67)(H4,61,62,68)(H4,63,64,69)/t27-,28+,29-,30-,31+,32-,33-,34-,35+/m0/s1. The van der Waals surface area contributed by atoms with Crippen molar-refractivity contribution in [3.05, 3.63) is 0 Å². The lowest BCUT2D eigenvalue weighted by Crippen LogP contribution is -2.60. The summed E-state index contributed by atoms with van der Waals surface area (Å²) in [6.07, 6.45) is 1.19. The zero-order chi connectivity index (χ0) is 66.7. The molecule has 0 bridgehead atoms. The minimum Gasteiger partial charge on any atom is -0.480 e. The van der Waals surface area contributed by atoms with Gasteiger partial charge in [0.2, 0.25) is 53.2 Å². The summed E-state index contributed by atoms with van der Waals surface area (Å²) in [5.74, 6) is -10.5. The fourth-order valence-corrected chi connectivity index (χ4v) is 8.12. The number of hydrogen-bond acceptors (Lipinski definition) is 18. The van der Waals surface area contributed by atoms with E-state index >= 15 is 0 Å². The summed E-state index contributed by atoms with van der Waals surface area (Å²) in [5, 5.41) is 30.3. The third-order valence-corrected chi connectivity index (χ3v) is 12.8. The van der Waals surface area contributed by atoms with Gasteiger partial charge >= 0.3 is 5.97 Å². The second kappa shape index (κ2) is 45.3. The van der Waals surface area contributed by atoms with Crippen LogP contribution >= 0.6 is 0 Å². The minimum absolute atomic E-state index is 0.00899. The summed E-state index contributed by atoms with van der Waals surface area (Å²) in [7, 11) is 0. The van der Waals surface area contributed by atoms with E-state index < -0.39 is 126 Å². The van der Waals surface area contributed by atoms with Crippen LogP contribution in [-0.4, -0.2) is 194 Å². The molecule has 38 heteroatoms. The van der Waals surface area contributed by atoms with Crippen molar-refractivity contribution in [1.29, 1.82) is 0 Å². The van der Waals surface area contributed by atoms with E-state index in [0.29, 0.717) is 38.6 Å². The van der Waals surface area contributed by atoms with Crippen molar-refractivity contribution in [3.63, 3.8) is 0 Å². The lowest BCUT2D eigenvalue weighted by Gasteiger charge is -2.27. The first kappa shape index (κ1) is 78.9. The number of carboxylic acids is 1. The zero-order valence-electron chi connectivity index (χ0n) is 50.2. The van der Waals surface area contributed by atoms with Crippen molar-refractivity contribution in [2.24, 2.45) is 105 Å². The number of nitrogens with one attached hydrogen (secondary N) is 8. The van der Waals surface area contributed by atoms with E-state index in [1.165, 1.54) is 6.92 Å². The van der Waals surface area contributed by atoms with E-state index in [-0.39, 0.29) is 140 Å². The van der Waals surface area contributed by atoms with Gasteiger partial charge < -0.3 is 128 Å². The average Bonchev–Trinajstić information content (AvgIpc) is 2.07. The second-order valence-electron chi connectivity index (χ2n) is 20.4. The van der Waals surface area contributed by atoms with Crippen LogP contribution in [0.1, 0.15) is 122 Å². The van der Waals surface area contributed by atoms with Gasteiger partial charge in [0, 0.05) is 39.1 Å². The van der Waals surface area contributed by atoms with Crippen LogP contribution in [0.25, 0.3) is 0 Å². The topological polar surface area (TPSA) is 713 Å². The van der Waals surface area contributed by atoms with Crippen molar-refractivity contribution in [3.8, 4) is 0 Å². The van der Waals surface area contributed by atoms with Gasteiger partial charge in [0.25, 0.3) is 0 Å². The smallest absolute Gasteiger partial charge is 0.326 e. The number of amides is 9. The van der Waals surface area contributed by atoms with Gasteiger partial charge in [-0.2, -0.15) is 0 Å². The monoisotopic (exact) mass is 1250 g/mol. The lowest BCUT2D eigenvalue weighted by molar-refractivity contribution is -0.142. The van der Waals surface area contributed by atoms with Crippen molar-refractivity contribution in [2.75, 3.05) is 45.8 Å². The van der Waals surface area contributed by atoms with Crippen LogP contribution in [0.4, 0.5) is 0 Å². The molecule has 37 N–H and O–H groups in total. The molecule has 0 aromatic rings. The molecule has 0 spiro atoms. The molecule has 0 aromatic carbocycles. The van der Waals surface area contributed by atoms with Gasteiger partial charge in [-0.3, -0.25) is 68.1 Å². The molecule has 0 aliphatic heterocycles. The Bertz CT molecular complexity index is 2370. The number of carboxylic acid groups (broad SMARTS) is 1. The first-order valence-corrected chi connectivity index (χ1v) is 28.9. The molecule has 0 unspecified atom stereocenters. The molecule has 0 rings (SSSR count). The van der Waals surface area contributed by atoms with Crippen LogP contribution in [0.5, 0.6) is 0 Å². The first-order chi connectivity index (χ1) is 41.5. The molecule has 0 fully saturated rings. The van der Waals surface area contributed by atoms with E-state index in [2.05, 4.69) is 67.5 Å². The highest BCUT2D eigenvalue weighted by atomic mass is 16.4. The number of aliphatic carboxylic acids is 1. The fourth-order valence-electron chi connectivity index (χ4n) is 8.12. The average molecular weight is 1250 g/mol. The minimum atomic E-state index is -1.65. The highest BCUT2D eigenvalue weighted by Crippen LogP contribution is 2.11. The maximum Gasteiger partial charge on any atom is 0.326 e. The Morgan fingerprint density at radius 1 is 0.330 bits per heavy atom. The summed E-state index contributed by atoms with van der Waals surface area (Å²) in [5.41, 5.74) is 77.5. The number of rotatable bonds is 48. The Balaban J connectivity index is 6.99. The quantitative estimate of drug-likeness (QED) is 0.0153. The highest BCUT2D eigenvalue weighted by Gasteiger charge is 2.34. The maximum absolute atomic E-state index is 14.3. The van der Waals surface area contributed by atoms with Gasteiger partial charge in [-0.15, -0.1) is 0 Å². The molecule has 9 atom stereocenters. The molecule has 0 saturated heterocycles. The van der Waals surface area contributed by atoms with Crippen LogP contribution in [0.2, 0.25) is 0 Å². The zero-order valence-corrected chi connectivity index (χ0v) is 50.2. The van der Waals surface area contributed by atoms with Gasteiger partial charge in [-0.25, -0.2) is 4.79 Å². The number of guanidine groups is 5. The molecule has 38 nitrogen and oxygen atoms in total. The molecule has 500 valence electrons. The fraction of sp³-hybridized carbons (Fsp3) is 0.700. The first-order valence-electron chi connectivity index (χ1n) is 28.9. The van der Waals surface area contributed by atoms with Crippen molar-refractivity contribution in [1.82, 2.24) is 42.5 Å². The van der Waals surface area contributed by atoms with E-state index in [4.69, 9.17) is 80.3 Å². The summed E-state index contributed by atoms with van der Waals surface area (Å²) in [6, 6.07) is -12.4. The number of unbranched alkanes of at least 4 members (excludes halogenated alkanes) is 2. The van der Waals surface area contributed by atoms with Gasteiger partial charge in [0.05, 0.1) is 6.04 Å². The molecular weight excluding hydrogens is 1150 g/mol. The number of aliphatic imine (C=N–C) groups is 5. The third kappa shape index (κ3) is 37.4. The molecule has 0 aromatic heterocycles. The van der Waals surface area contributed by atoms with Crippen LogP contribution in [0.3, 0.4) is 0 Å². The predicted octanol–water partition coefficient (Wildman–Crippen LogP) is -9.91. The number of carbonyl (C=O) groups is 10. The second-order valence-corrected chi connectivity index (χ2v) is 20.4. The van der Waals surface area contributed by atoms with E-state index in [0.717, 1.165) is 0 Å². The number of primary amides is 1. The van der Waals surface area contributed by atoms with Crippen LogP contribution < -0.4 is 123 Å². The Labute approximate surface area is 511 Å². The summed E-state index contributed by atoms with van der Waals surface area (Å²) >= 11 is 0. The van der Waals surface area contributed by atoms with Gasteiger partial charge in [0.1, 0.15) is 48.3 Å². The Hall–Kier alpha value is -9.07. The number of hydrogen-bond donors (Lipinski definition) is 23. The SMILES string of the molecule is C[C@H](NC(=O)[C@H](CCCCN)NC(=O)[C@H](CCCCN)NC(=O)[C@H](N)CCCN=C(N)N)C(=O)N[C@H](CCCN=C(N)N)C(=O)N[C@@H](CCC(N)=O)C(=O)N[C@@H](CCCN=C(N)N)C(=O)N[C@@H](CCCN=C(N)N)C(=O)N[C@H](CCCN=C(N)N)C(=O)O. The molecule has 0 heterocycles. The normalized spacial score (nSPS) is 13.8. The third-order valence-electron chi connectivity index (χ3n) is 12.8. The van der Waals surface area contributed by atoms with Crippen molar-refractivity contribution >= 4 is 88.9 Å². The van der Waals surface area contributed by atoms with Gasteiger partial charge in [0.15, 0.2) is 29.8 Å². The molecular formula is C50H99N27O11. The van der Waals surface area contributed by atoms with E-state index in [1.807, 2.05) is 0 Å². The molecule has 0 radical (unpaired) electrons. The largest absolute Gasteiger partial charge is 0.480 e. The molecule has 0 saturated carbocycles. The van der Waals surface area contributed by atoms with Crippen molar-refractivity contribution in [2.45, 2.75) is 177 Å². The number of carbonyl (C=O) groups excluding carboxylic acids is 9. The van der Waals surface area contributed by atoms with Crippen molar-refractivity contribution < 1.29 is 53.1 Å². The summed E-state index contributed by atoms with van der Waals surface area (Å²) in [6.45, 7) is 2.01. The Kier molecular flexibility index (Phi) is 40.6. The maximum atomic E-state index is 14.3. The van der Waals surface area contributed by atoms with Crippen LogP contribution in [-0.2, 0) is 47.9 Å². The lowest BCUT2D eigenvalue weighted by atomic mass is 10.0. The molecule has 88 heavy (non-hydrogen) atoms. The molecule has 0 aliphatic carbocycles. The highest BCUT2D eigenvalue weighted by molar-refractivity contribution is 5.98.